The van der Waals surface area contributed by atoms with Crippen molar-refractivity contribution in [2.24, 2.45) is 5.73 Å². The number of fused-ring (bicyclic) bond motifs is 1. The Kier molecular flexibility index (Phi) is 4.69. The molecule has 1 aliphatic rings. The van der Waals surface area contributed by atoms with Crippen LogP contribution in [0.15, 0.2) is 12.1 Å². The highest BCUT2D eigenvalue weighted by atomic mass is 35.5. The number of benzene rings is 1. The van der Waals surface area contributed by atoms with Crippen molar-refractivity contribution in [2.45, 2.75) is 64.9 Å². The quantitative estimate of drug-likeness (QED) is 0.899. The van der Waals surface area contributed by atoms with Crippen molar-refractivity contribution in [1.29, 1.82) is 0 Å². The fourth-order valence-corrected chi connectivity index (χ4v) is 2.99. The van der Waals surface area contributed by atoms with Crippen LogP contribution in [0.4, 0.5) is 0 Å². The van der Waals surface area contributed by atoms with Crippen molar-refractivity contribution in [1.82, 2.24) is 0 Å². The highest BCUT2D eigenvalue weighted by molar-refractivity contribution is 5.93. The van der Waals surface area contributed by atoms with Gasteiger partial charge in [0.05, 0.1) is 0 Å². The highest BCUT2D eigenvalue weighted by Gasteiger charge is 2.43. The van der Waals surface area contributed by atoms with E-state index >= 15 is 0 Å². The van der Waals surface area contributed by atoms with Gasteiger partial charge in [-0.05, 0) is 24.0 Å². The molecule has 0 aliphatic carbocycles. The fraction of sp³-hybridized carbons (Fsp3) is 0.588. The molecule has 2 N–H and O–H groups in total. The summed E-state index contributed by atoms with van der Waals surface area (Å²) in [4.78, 5) is 11.6. The first-order valence-electron chi connectivity index (χ1n) is 7.24. The van der Waals surface area contributed by atoms with Crippen LogP contribution in [0.3, 0.4) is 0 Å². The largest absolute Gasteiger partial charge is 0.489 e. The summed E-state index contributed by atoms with van der Waals surface area (Å²) in [7, 11) is 0. The first-order valence-corrected chi connectivity index (χ1v) is 7.24. The molecule has 1 unspecified atom stereocenters. The minimum Gasteiger partial charge on any atom is -0.489 e. The van der Waals surface area contributed by atoms with Crippen LogP contribution in [-0.4, -0.2) is 12.0 Å². The van der Waals surface area contributed by atoms with Crippen LogP contribution in [0.2, 0.25) is 0 Å². The third-order valence-corrected chi connectivity index (χ3v) is 4.31. The Labute approximate surface area is 133 Å². The zero-order valence-electron chi connectivity index (χ0n) is 13.7. The molecule has 1 heterocycles. The standard InChI is InChI=1S/C17H25NO2.ClH/c1-7-13-17(5,6)12-9-10(15(18)19)8-11(14(12)20-13)16(2,3)4;/h8-9,13H,7H2,1-6H3,(H2,18,19);1H. The van der Waals surface area contributed by atoms with Gasteiger partial charge < -0.3 is 10.5 Å². The summed E-state index contributed by atoms with van der Waals surface area (Å²) in [6.07, 6.45) is 1.08. The maximum absolute atomic E-state index is 11.6. The van der Waals surface area contributed by atoms with Gasteiger partial charge >= 0.3 is 0 Å². The van der Waals surface area contributed by atoms with Gasteiger partial charge in [0.25, 0.3) is 0 Å². The summed E-state index contributed by atoms with van der Waals surface area (Å²) in [6, 6.07) is 3.79. The van der Waals surface area contributed by atoms with Gasteiger partial charge in [0.2, 0.25) is 5.91 Å². The molecule has 4 heteroatoms. The van der Waals surface area contributed by atoms with E-state index in [0.29, 0.717) is 5.56 Å². The minimum absolute atomic E-state index is 0. The van der Waals surface area contributed by atoms with Crippen LogP contribution < -0.4 is 10.5 Å². The van der Waals surface area contributed by atoms with Crippen LogP contribution in [0.25, 0.3) is 0 Å². The van der Waals surface area contributed by atoms with Crippen LogP contribution in [0, 0.1) is 0 Å². The lowest BCUT2D eigenvalue weighted by atomic mass is 9.76. The zero-order valence-corrected chi connectivity index (χ0v) is 14.6. The van der Waals surface area contributed by atoms with Gasteiger partial charge in [0.1, 0.15) is 11.9 Å². The van der Waals surface area contributed by atoms with Crippen molar-refractivity contribution in [3.05, 3.63) is 28.8 Å². The topological polar surface area (TPSA) is 52.3 Å². The van der Waals surface area contributed by atoms with Gasteiger partial charge in [0, 0.05) is 22.1 Å². The van der Waals surface area contributed by atoms with Crippen LogP contribution in [0.1, 0.15) is 69.4 Å². The predicted molar refractivity (Wildman–Crippen MR) is 88.6 cm³/mol. The van der Waals surface area contributed by atoms with Crippen molar-refractivity contribution >= 4 is 18.3 Å². The van der Waals surface area contributed by atoms with E-state index in [4.69, 9.17) is 10.5 Å². The Bertz CT molecular complexity index is 559. The first kappa shape index (κ1) is 17.8. The van der Waals surface area contributed by atoms with E-state index in [0.717, 1.165) is 23.3 Å². The molecule has 0 spiro atoms. The van der Waals surface area contributed by atoms with Crippen molar-refractivity contribution in [2.75, 3.05) is 0 Å². The average molecular weight is 312 g/mol. The molecule has 1 aliphatic heterocycles. The lowest BCUT2D eigenvalue weighted by molar-refractivity contribution is 0.1000. The molecule has 118 valence electrons. The number of primary amides is 1. The maximum atomic E-state index is 11.6. The van der Waals surface area contributed by atoms with Crippen molar-refractivity contribution < 1.29 is 9.53 Å². The number of amides is 1. The Morgan fingerprint density at radius 1 is 1.33 bits per heavy atom. The third kappa shape index (κ3) is 2.89. The number of carbonyl (C=O) groups excluding carboxylic acids is 1. The van der Waals surface area contributed by atoms with Crippen molar-refractivity contribution in [3.63, 3.8) is 0 Å². The van der Waals surface area contributed by atoms with Gasteiger partial charge in [0.15, 0.2) is 0 Å². The second-order valence-electron chi connectivity index (χ2n) is 7.25. The summed E-state index contributed by atoms with van der Waals surface area (Å²) in [5.74, 6) is 0.563. The second kappa shape index (κ2) is 5.53. The van der Waals surface area contributed by atoms with E-state index < -0.39 is 0 Å². The summed E-state index contributed by atoms with van der Waals surface area (Å²) < 4.78 is 6.21. The number of rotatable bonds is 2. The molecule has 0 aromatic heterocycles. The summed E-state index contributed by atoms with van der Waals surface area (Å²) in [5.41, 5.74) is 8.04. The zero-order chi connectivity index (χ0) is 15.3. The summed E-state index contributed by atoms with van der Waals surface area (Å²) in [6.45, 7) is 12.9. The van der Waals surface area contributed by atoms with E-state index in [1.807, 2.05) is 12.1 Å². The molecule has 3 nitrogen and oxygen atoms in total. The Balaban J connectivity index is 0.00000220. The van der Waals surface area contributed by atoms with Gasteiger partial charge in [-0.2, -0.15) is 0 Å². The number of ether oxygens (including phenoxy) is 1. The number of hydrogen-bond acceptors (Lipinski definition) is 2. The molecular weight excluding hydrogens is 286 g/mol. The Hall–Kier alpha value is -1.22. The monoisotopic (exact) mass is 311 g/mol. The SMILES string of the molecule is CCC1Oc2c(C(C)(C)C)cc(C(N)=O)cc2C1(C)C.Cl. The van der Waals surface area contributed by atoms with E-state index in [1.54, 1.807) is 0 Å². The molecule has 0 saturated carbocycles. The van der Waals surface area contributed by atoms with Gasteiger partial charge in [-0.3, -0.25) is 4.79 Å². The van der Waals surface area contributed by atoms with Gasteiger partial charge in [-0.25, -0.2) is 0 Å². The van der Waals surface area contributed by atoms with Crippen LogP contribution in [0.5, 0.6) is 5.75 Å². The van der Waals surface area contributed by atoms with E-state index in [-0.39, 0.29) is 35.2 Å². The van der Waals surface area contributed by atoms with E-state index in [9.17, 15) is 4.79 Å². The smallest absolute Gasteiger partial charge is 0.248 e. The summed E-state index contributed by atoms with van der Waals surface area (Å²) in [5, 5.41) is 0. The average Bonchev–Trinajstić information content (AvgIpc) is 2.58. The van der Waals surface area contributed by atoms with Crippen LogP contribution >= 0.6 is 12.4 Å². The summed E-state index contributed by atoms with van der Waals surface area (Å²) >= 11 is 0. The molecule has 1 aromatic rings. The molecule has 2 rings (SSSR count). The lowest BCUT2D eigenvalue weighted by Crippen LogP contribution is -2.31. The third-order valence-electron chi connectivity index (χ3n) is 4.31. The van der Waals surface area contributed by atoms with Gasteiger partial charge in [-0.15, -0.1) is 12.4 Å². The number of nitrogens with two attached hydrogens (primary N) is 1. The predicted octanol–water partition coefficient (Wildman–Crippen LogP) is 3.95. The van der Waals surface area contributed by atoms with Crippen molar-refractivity contribution in [3.8, 4) is 5.75 Å². The maximum Gasteiger partial charge on any atom is 0.248 e. The normalized spacial score (nSPS) is 19.4. The molecule has 0 fully saturated rings. The van der Waals surface area contributed by atoms with E-state index in [1.165, 1.54) is 0 Å². The Morgan fingerprint density at radius 3 is 2.33 bits per heavy atom. The number of halogens is 1. The fourth-order valence-electron chi connectivity index (χ4n) is 2.99. The lowest BCUT2D eigenvalue weighted by Gasteiger charge is -2.24. The molecule has 21 heavy (non-hydrogen) atoms. The number of hydrogen-bond donors (Lipinski definition) is 1. The van der Waals surface area contributed by atoms with E-state index in [2.05, 4.69) is 41.5 Å². The Morgan fingerprint density at radius 2 is 1.90 bits per heavy atom. The molecule has 0 bridgehead atoms. The van der Waals surface area contributed by atoms with Crippen LogP contribution in [-0.2, 0) is 10.8 Å². The molecule has 1 aromatic carbocycles. The molecule has 0 saturated heterocycles. The molecule has 1 atom stereocenters. The van der Waals surface area contributed by atoms with Gasteiger partial charge in [-0.1, -0.05) is 41.5 Å². The second-order valence-corrected chi connectivity index (χ2v) is 7.25. The highest BCUT2D eigenvalue weighted by Crippen LogP contribution is 2.48. The minimum atomic E-state index is -0.381. The first-order chi connectivity index (χ1) is 9.09. The molecule has 0 radical (unpaired) electrons. The molecule has 1 amide bonds. The molecular formula is C17H26ClNO2. The number of carbonyl (C=O) groups is 1.